The van der Waals surface area contributed by atoms with Gasteiger partial charge in [0, 0.05) is 6.54 Å². The fourth-order valence-electron chi connectivity index (χ4n) is 2.81. The Kier molecular flexibility index (Phi) is 5.47. The van der Waals surface area contributed by atoms with Crippen LogP contribution in [-0.4, -0.2) is 19.7 Å². The lowest BCUT2D eigenvalue weighted by Gasteiger charge is -2.19. The summed E-state index contributed by atoms with van der Waals surface area (Å²) in [6.07, 6.45) is 5.65. The zero-order valence-corrected chi connectivity index (χ0v) is 13.2. The summed E-state index contributed by atoms with van der Waals surface area (Å²) < 4.78 is 5.78. The average molecular weight is 275 g/mol. The topological polar surface area (TPSA) is 21.3 Å². The summed E-state index contributed by atoms with van der Waals surface area (Å²) in [6.45, 7) is 9.55. The van der Waals surface area contributed by atoms with E-state index in [1.807, 2.05) is 0 Å². The Bertz CT molecular complexity index is 385. The van der Waals surface area contributed by atoms with Crippen LogP contribution in [0.3, 0.4) is 0 Å². The van der Waals surface area contributed by atoms with Gasteiger partial charge in [-0.3, -0.25) is 0 Å². The predicted molar refractivity (Wildman–Crippen MR) is 85.5 cm³/mol. The van der Waals surface area contributed by atoms with Gasteiger partial charge in [0.15, 0.2) is 0 Å². The van der Waals surface area contributed by atoms with Crippen LogP contribution in [0.5, 0.6) is 5.75 Å². The van der Waals surface area contributed by atoms with Crippen LogP contribution < -0.4 is 10.1 Å². The van der Waals surface area contributed by atoms with Gasteiger partial charge in [0.25, 0.3) is 0 Å². The molecule has 0 aliphatic heterocycles. The molecule has 2 nitrogen and oxygen atoms in total. The largest absolute Gasteiger partial charge is 0.492 e. The van der Waals surface area contributed by atoms with Crippen molar-refractivity contribution < 1.29 is 4.74 Å². The van der Waals surface area contributed by atoms with Gasteiger partial charge in [-0.2, -0.15) is 0 Å². The van der Waals surface area contributed by atoms with Gasteiger partial charge in [-0.25, -0.2) is 0 Å². The molecule has 0 spiro atoms. The zero-order valence-electron chi connectivity index (χ0n) is 13.2. The number of hydrogen-bond acceptors (Lipinski definition) is 2. The molecule has 0 atom stereocenters. The highest BCUT2D eigenvalue weighted by atomic mass is 16.5. The average Bonchev–Trinajstić information content (AvgIpc) is 2.91. The van der Waals surface area contributed by atoms with E-state index in [4.69, 9.17) is 4.74 Å². The van der Waals surface area contributed by atoms with Crippen molar-refractivity contribution in [2.75, 3.05) is 19.7 Å². The molecule has 0 unspecified atom stereocenters. The first-order valence-corrected chi connectivity index (χ1v) is 8.00. The number of hydrogen-bond donors (Lipinski definition) is 1. The second-order valence-electron chi connectivity index (χ2n) is 6.98. The van der Waals surface area contributed by atoms with E-state index >= 15 is 0 Å². The van der Waals surface area contributed by atoms with Crippen LogP contribution in [0.15, 0.2) is 24.3 Å². The maximum absolute atomic E-state index is 5.78. The van der Waals surface area contributed by atoms with Crippen molar-refractivity contribution in [2.24, 2.45) is 5.92 Å². The molecule has 1 aliphatic rings. The van der Waals surface area contributed by atoms with Gasteiger partial charge in [-0.05, 0) is 48.4 Å². The highest BCUT2D eigenvalue weighted by Crippen LogP contribution is 2.24. The number of benzene rings is 1. The van der Waals surface area contributed by atoms with Crippen LogP contribution in [0.4, 0.5) is 0 Å². The SMILES string of the molecule is CC(C)(C)c1ccc(OCCNCC2CCCC2)cc1. The molecule has 0 radical (unpaired) electrons. The normalized spacial score (nSPS) is 16.6. The molecule has 112 valence electrons. The standard InChI is InChI=1S/C18H29NO/c1-18(2,3)16-8-10-17(11-9-16)20-13-12-19-14-15-6-4-5-7-15/h8-11,15,19H,4-7,12-14H2,1-3H3. The van der Waals surface area contributed by atoms with Gasteiger partial charge in [0.2, 0.25) is 0 Å². The van der Waals surface area contributed by atoms with Crippen molar-refractivity contribution >= 4 is 0 Å². The summed E-state index contributed by atoms with van der Waals surface area (Å²) in [4.78, 5) is 0. The van der Waals surface area contributed by atoms with E-state index in [9.17, 15) is 0 Å². The molecule has 2 rings (SSSR count). The van der Waals surface area contributed by atoms with Gasteiger partial charge < -0.3 is 10.1 Å². The third kappa shape index (κ3) is 4.82. The Morgan fingerprint density at radius 2 is 1.75 bits per heavy atom. The van der Waals surface area contributed by atoms with Gasteiger partial charge in [0.05, 0.1) is 0 Å². The second kappa shape index (κ2) is 7.12. The lowest BCUT2D eigenvalue weighted by molar-refractivity contribution is 0.308. The van der Waals surface area contributed by atoms with Gasteiger partial charge >= 0.3 is 0 Å². The second-order valence-corrected chi connectivity index (χ2v) is 6.98. The molecular formula is C18H29NO. The van der Waals surface area contributed by atoms with Crippen molar-refractivity contribution in [1.82, 2.24) is 5.32 Å². The molecule has 0 bridgehead atoms. The third-order valence-corrected chi connectivity index (χ3v) is 4.18. The Hall–Kier alpha value is -1.02. The van der Waals surface area contributed by atoms with Crippen LogP contribution in [0.25, 0.3) is 0 Å². The fourth-order valence-corrected chi connectivity index (χ4v) is 2.81. The Balaban J connectivity index is 1.64. The van der Waals surface area contributed by atoms with E-state index in [1.165, 1.54) is 31.2 Å². The molecule has 1 saturated carbocycles. The monoisotopic (exact) mass is 275 g/mol. The number of ether oxygens (including phenoxy) is 1. The van der Waals surface area contributed by atoms with Crippen molar-refractivity contribution in [3.63, 3.8) is 0 Å². The van der Waals surface area contributed by atoms with Crippen LogP contribution in [0, 0.1) is 5.92 Å². The predicted octanol–water partition coefficient (Wildman–Crippen LogP) is 4.14. The minimum absolute atomic E-state index is 0.210. The molecule has 1 aromatic carbocycles. The third-order valence-electron chi connectivity index (χ3n) is 4.18. The molecule has 20 heavy (non-hydrogen) atoms. The van der Waals surface area contributed by atoms with Crippen LogP contribution in [0.2, 0.25) is 0 Å². The lowest BCUT2D eigenvalue weighted by atomic mass is 9.87. The molecule has 0 saturated heterocycles. The first-order chi connectivity index (χ1) is 9.55. The van der Waals surface area contributed by atoms with Crippen LogP contribution >= 0.6 is 0 Å². The van der Waals surface area contributed by atoms with E-state index < -0.39 is 0 Å². The van der Waals surface area contributed by atoms with Crippen LogP contribution in [0.1, 0.15) is 52.0 Å². The maximum atomic E-state index is 5.78. The van der Waals surface area contributed by atoms with E-state index in [1.54, 1.807) is 0 Å². The molecule has 1 N–H and O–H groups in total. The summed E-state index contributed by atoms with van der Waals surface area (Å²) >= 11 is 0. The molecule has 0 aromatic heterocycles. The van der Waals surface area contributed by atoms with E-state index in [2.05, 4.69) is 50.4 Å². The maximum Gasteiger partial charge on any atom is 0.119 e. The Morgan fingerprint density at radius 1 is 1.10 bits per heavy atom. The molecular weight excluding hydrogens is 246 g/mol. The highest BCUT2D eigenvalue weighted by Gasteiger charge is 2.14. The van der Waals surface area contributed by atoms with E-state index in [-0.39, 0.29) is 5.41 Å². The number of rotatable bonds is 6. The molecule has 0 heterocycles. The van der Waals surface area contributed by atoms with Crippen molar-refractivity contribution in [3.05, 3.63) is 29.8 Å². The summed E-state index contributed by atoms with van der Waals surface area (Å²) in [7, 11) is 0. The highest BCUT2D eigenvalue weighted by molar-refractivity contribution is 5.31. The summed E-state index contributed by atoms with van der Waals surface area (Å²) in [5, 5.41) is 3.51. The molecule has 1 fully saturated rings. The van der Waals surface area contributed by atoms with E-state index in [0.717, 1.165) is 31.4 Å². The lowest BCUT2D eigenvalue weighted by Crippen LogP contribution is -2.26. The molecule has 0 amide bonds. The smallest absolute Gasteiger partial charge is 0.119 e. The Labute approximate surface area is 123 Å². The minimum Gasteiger partial charge on any atom is -0.492 e. The molecule has 1 aliphatic carbocycles. The summed E-state index contributed by atoms with van der Waals surface area (Å²) in [6, 6.07) is 8.50. The van der Waals surface area contributed by atoms with Crippen molar-refractivity contribution in [1.29, 1.82) is 0 Å². The van der Waals surface area contributed by atoms with Crippen molar-refractivity contribution in [2.45, 2.75) is 51.9 Å². The van der Waals surface area contributed by atoms with Crippen LogP contribution in [-0.2, 0) is 5.41 Å². The molecule has 2 heteroatoms. The van der Waals surface area contributed by atoms with Crippen molar-refractivity contribution in [3.8, 4) is 5.75 Å². The summed E-state index contributed by atoms with van der Waals surface area (Å²) in [5.74, 6) is 1.88. The number of nitrogens with one attached hydrogen (secondary N) is 1. The zero-order chi connectivity index (χ0) is 14.4. The van der Waals surface area contributed by atoms with Gasteiger partial charge in [-0.15, -0.1) is 0 Å². The quantitative estimate of drug-likeness (QED) is 0.788. The first-order valence-electron chi connectivity index (χ1n) is 8.00. The fraction of sp³-hybridized carbons (Fsp3) is 0.667. The van der Waals surface area contributed by atoms with Gasteiger partial charge in [0.1, 0.15) is 12.4 Å². The van der Waals surface area contributed by atoms with Gasteiger partial charge in [-0.1, -0.05) is 45.7 Å². The minimum atomic E-state index is 0.210. The van der Waals surface area contributed by atoms with E-state index in [0.29, 0.717) is 0 Å². The Morgan fingerprint density at radius 3 is 2.35 bits per heavy atom. The summed E-state index contributed by atoms with van der Waals surface area (Å²) in [5.41, 5.74) is 1.56. The first kappa shape index (κ1) is 15.4. The molecule has 1 aromatic rings.